The van der Waals surface area contributed by atoms with Gasteiger partial charge in [-0.3, -0.25) is 10.5 Å². The molecule has 0 heterocycles. The molecular weight excluding hydrogens is 276 g/mol. The van der Waals surface area contributed by atoms with Gasteiger partial charge >= 0.3 is 6.09 Å². The Morgan fingerprint density at radius 1 is 1.10 bits per heavy atom. The molecule has 0 aromatic carbocycles. The maximum absolute atomic E-state index is 11.6. The molecule has 0 aromatic rings. The van der Waals surface area contributed by atoms with Crippen LogP contribution in [0.5, 0.6) is 0 Å². The van der Waals surface area contributed by atoms with Crippen molar-refractivity contribution in [2.45, 2.75) is 45.1 Å². The number of nitrogens with one attached hydrogen (secondary N) is 2. The largest absolute Gasteiger partial charge is 0.434 e. The molecule has 6 N–H and O–H groups in total. The number of rotatable bonds is 11. The first kappa shape index (κ1) is 19.3. The second-order valence-corrected chi connectivity index (χ2v) is 4.72. The van der Waals surface area contributed by atoms with Gasteiger partial charge in [-0.2, -0.15) is 0 Å². The normalized spacial score (nSPS) is 11.6. The van der Waals surface area contributed by atoms with E-state index in [1.807, 2.05) is 0 Å². The Morgan fingerprint density at radius 2 is 1.76 bits per heavy atom. The van der Waals surface area contributed by atoms with E-state index in [1.54, 1.807) is 0 Å². The van der Waals surface area contributed by atoms with Crippen LogP contribution in [0.25, 0.3) is 0 Å². The highest BCUT2D eigenvalue weighted by Crippen LogP contribution is 1.99. The Morgan fingerprint density at radius 3 is 2.38 bits per heavy atom. The number of unbranched alkanes of at least 4 members (excludes halogenated alkanes) is 1. The fourth-order valence-corrected chi connectivity index (χ4v) is 1.62. The Balaban J connectivity index is 3.55. The minimum Gasteiger partial charge on any atom is -0.434 e. The topological polar surface area (TPSA) is 137 Å². The monoisotopic (exact) mass is 302 g/mol. The van der Waals surface area contributed by atoms with E-state index in [0.29, 0.717) is 45.2 Å². The van der Waals surface area contributed by atoms with Crippen LogP contribution in [0.3, 0.4) is 0 Å². The van der Waals surface area contributed by atoms with Gasteiger partial charge in [0, 0.05) is 19.5 Å². The molecular formula is C13H26N4O4. The molecule has 0 saturated carbocycles. The molecule has 0 spiro atoms. The van der Waals surface area contributed by atoms with Crippen molar-refractivity contribution >= 4 is 17.8 Å². The third kappa shape index (κ3) is 11.8. The number of carbonyl (C=O) groups is 3. The molecule has 0 radical (unpaired) electrons. The number of nitrogens with two attached hydrogens (primary N) is 2. The Hall–Kier alpha value is -1.67. The second kappa shape index (κ2) is 12.1. The number of ether oxygens (including phenoxy) is 1. The molecule has 0 saturated heterocycles. The van der Waals surface area contributed by atoms with Crippen molar-refractivity contribution in [2.75, 3.05) is 19.8 Å². The number of amides is 2. The lowest BCUT2D eigenvalue weighted by molar-refractivity contribution is -0.123. The average molecular weight is 302 g/mol. The van der Waals surface area contributed by atoms with Crippen LogP contribution in [0, 0.1) is 0 Å². The number of hydrogen-bond donors (Lipinski definition) is 4. The summed E-state index contributed by atoms with van der Waals surface area (Å²) in [6.07, 6.45) is 2.48. The summed E-state index contributed by atoms with van der Waals surface area (Å²) in [7, 11) is 0. The van der Waals surface area contributed by atoms with E-state index >= 15 is 0 Å². The van der Waals surface area contributed by atoms with Crippen molar-refractivity contribution in [3.8, 4) is 0 Å². The fraction of sp³-hybridized carbons (Fsp3) is 0.769. The van der Waals surface area contributed by atoms with Crippen LogP contribution in [-0.4, -0.2) is 43.6 Å². The molecule has 8 nitrogen and oxygen atoms in total. The van der Waals surface area contributed by atoms with Crippen molar-refractivity contribution in [3.05, 3.63) is 0 Å². The van der Waals surface area contributed by atoms with Gasteiger partial charge in [0.15, 0.2) is 0 Å². The predicted molar refractivity (Wildman–Crippen MR) is 78.3 cm³/mol. The van der Waals surface area contributed by atoms with Crippen LogP contribution in [0.2, 0.25) is 0 Å². The number of alkyl carbamates (subject to hydrolysis) is 1. The average Bonchev–Trinajstić information content (AvgIpc) is 2.42. The molecule has 1 atom stereocenters. The SMILES string of the molecule is CC(=O)CCCNC(=O)C(N)CCCCNC(=O)OCN. The summed E-state index contributed by atoms with van der Waals surface area (Å²) in [6.45, 7) is 2.27. The summed E-state index contributed by atoms with van der Waals surface area (Å²) in [4.78, 5) is 33.3. The summed E-state index contributed by atoms with van der Waals surface area (Å²) < 4.78 is 4.49. The van der Waals surface area contributed by atoms with Gasteiger partial charge in [-0.25, -0.2) is 4.79 Å². The second-order valence-electron chi connectivity index (χ2n) is 4.72. The van der Waals surface area contributed by atoms with Crippen LogP contribution < -0.4 is 22.1 Å². The van der Waals surface area contributed by atoms with Crippen molar-refractivity contribution in [1.29, 1.82) is 0 Å². The minimum atomic E-state index is -0.571. The molecule has 0 aliphatic carbocycles. The fourth-order valence-electron chi connectivity index (χ4n) is 1.62. The summed E-state index contributed by atoms with van der Waals surface area (Å²) >= 11 is 0. The van der Waals surface area contributed by atoms with Gasteiger partial charge in [-0.05, 0) is 32.6 Å². The molecule has 0 fully saturated rings. The number of Topliss-reactive ketones (excluding diaryl/α,β-unsaturated/α-hetero) is 1. The molecule has 2 amide bonds. The molecule has 0 aliphatic heterocycles. The number of hydrogen-bond acceptors (Lipinski definition) is 6. The van der Waals surface area contributed by atoms with Crippen molar-refractivity contribution in [1.82, 2.24) is 10.6 Å². The quantitative estimate of drug-likeness (QED) is 0.303. The van der Waals surface area contributed by atoms with Gasteiger partial charge in [0.2, 0.25) is 5.91 Å². The van der Waals surface area contributed by atoms with E-state index in [0.717, 1.165) is 0 Å². The first-order chi connectivity index (χ1) is 9.97. The summed E-state index contributed by atoms with van der Waals surface area (Å²) in [6, 6.07) is -0.571. The van der Waals surface area contributed by atoms with Crippen molar-refractivity contribution in [3.63, 3.8) is 0 Å². The van der Waals surface area contributed by atoms with Crippen LogP contribution in [0.4, 0.5) is 4.79 Å². The van der Waals surface area contributed by atoms with Gasteiger partial charge in [0.05, 0.1) is 6.04 Å². The molecule has 0 rings (SSSR count). The van der Waals surface area contributed by atoms with Gasteiger partial charge in [-0.15, -0.1) is 0 Å². The molecule has 0 aliphatic rings. The lowest BCUT2D eigenvalue weighted by atomic mass is 10.1. The zero-order valence-electron chi connectivity index (χ0n) is 12.5. The highest BCUT2D eigenvalue weighted by Gasteiger charge is 2.12. The number of ketones is 1. The van der Waals surface area contributed by atoms with Crippen LogP contribution in [0.15, 0.2) is 0 Å². The zero-order chi connectivity index (χ0) is 16.1. The lowest BCUT2D eigenvalue weighted by Gasteiger charge is -2.12. The van der Waals surface area contributed by atoms with Gasteiger partial charge in [-0.1, -0.05) is 0 Å². The molecule has 8 heteroatoms. The number of carbonyl (C=O) groups excluding carboxylic acids is 3. The highest BCUT2D eigenvalue weighted by molar-refractivity contribution is 5.81. The summed E-state index contributed by atoms with van der Waals surface area (Å²) in [5, 5.41) is 5.22. The minimum absolute atomic E-state index is 0.106. The van der Waals surface area contributed by atoms with E-state index in [1.165, 1.54) is 6.92 Å². The summed E-state index contributed by atoms with van der Waals surface area (Å²) in [5.74, 6) is -0.108. The maximum atomic E-state index is 11.6. The first-order valence-corrected chi connectivity index (χ1v) is 7.10. The van der Waals surface area contributed by atoms with Crippen molar-refractivity contribution < 1.29 is 19.1 Å². The third-order valence-corrected chi connectivity index (χ3v) is 2.77. The Kier molecular flexibility index (Phi) is 11.1. The summed E-state index contributed by atoms with van der Waals surface area (Å²) in [5.41, 5.74) is 10.8. The van der Waals surface area contributed by atoms with Crippen LogP contribution in [-0.2, 0) is 14.3 Å². The predicted octanol–water partition coefficient (Wildman–Crippen LogP) is -0.388. The maximum Gasteiger partial charge on any atom is 0.408 e. The van der Waals surface area contributed by atoms with Crippen LogP contribution in [0.1, 0.15) is 39.0 Å². The molecule has 1 unspecified atom stereocenters. The smallest absolute Gasteiger partial charge is 0.408 e. The van der Waals surface area contributed by atoms with Crippen molar-refractivity contribution in [2.24, 2.45) is 11.5 Å². The molecule has 0 bridgehead atoms. The molecule has 122 valence electrons. The van der Waals surface area contributed by atoms with Gasteiger partial charge in [0.1, 0.15) is 12.5 Å². The Labute approximate surface area is 124 Å². The lowest BCUT2D eigenvalue weighted by Crippen LogP contribution is -2.41. The zero-order valence-corrected chi connectivity index (χ0v) is 12.5. The van der Waals surface area contributed by atoms with E-state index in [9.17, 15) is 14.4 Å². The van der Waals surface area contributed by atoms with E-state index in [-0.39, 0.29) is 18.4 Å². The standard InChI is InChI=1S/C13H26N4O4/c1-10(18)5-4-8-16-12(19)11(15)6-2-3-7-17-13(20)21-9-14/h11H,2-9,14-15H2,1H3,(H,16,19)(H,17,20). The third-order valence-electron chi connectivity index (χ3n) is 2.77. The molecule has 0 aromatic heterocycles. The van der Waals surface area contributed by atoms with Crippen LogP contribution >= 0.6 is 0 Å². The van der Waals surface area contributed by atoms with Gasteiger partial charge in [0.25, 0.3) is 0 Å². The highest BCUT2D eigenvalue weighted by atomic mass is 16.6. The van der Waals surface area contributed by atoms with E-state index in [2.05, 4.69) is 15.4 Å². The molecule has 21 heavy (non-hydrogen) atoms. The van der Waals surface area contributed by atoms with E-state index < -0.39 is 12.1 Å². The first-order valence-electron chi connectivity index (χ1n) is 7.10. The Bertz CT molecular complexity index is 336. The van der Waals surface area contributed by atoms with E-state index in [4.69, 9.17) is 11.5 Å². The van der Waals surface area contributed by atoms with Gasteiger partial charge < -0.3 is 25.9 Å².